The molecular formula is C12H19NO3. The Bertz CT molecular complexity index is 297. The molecule has 2 atom stereocenters. The summed E-state index contributed by atoms with van der Waals surface area (Å²) in [6, 6.07) is -0.124. The van der Waals surface area contributed by atoms with Gasteiger partial charge in [0.2, 0.25) is 5.91 Å². The van der Waals surface area contributed by atoms with Gasteiger partial charge < -0.3 is 4.74 Å². The SMILES string of the molecule is CC1OC(=O)N(C(=O)CC2CCCC2)C1C. The first-order valence-electron chi connectivity index (χ1n) is 6.12. The molecule has 4 heteroatoms. The van der Waals surface area contributed by atoms with Gasteiger partial charge in [-0.05, 0) is 32.6 Å². The molecule has 1 heterocycles. The monoisotopic (exact) mass is 225 g/mol. The van der Waals surface area contributed by atoms with Crippen molar-refractivity contribution in [3.05, 3.63) is 0 Å². The fraction of sp³-hybridized carbons (Fsp3) is 0.833. The number of amides is 2. The van der Waals surface area contributed by atoms with Gasteiger partial charge in [-0.1, -0.05) is 12.8 Å². The first-order chi connectivity index (χ1) is 7.59. The first kappa shape index (κ1) is 11.4. The summed E-state index contributed by atoms with van der Waals surface area (Å²) in [4.78, 5) is 24.8. The molecule has 0 aromatic heterocycles. The van der Waals surface area contributed by atoms with Crippen LogP contribution in [0.2, 0.25) is 0 Å². The molecule has 2 fully saturated rings. The summed E-state index contributed by atoms with van der Waals surface area (Å²) in [6.45, 7) is 3.69. The molecule has 2 aliphatic rings. The van der Waals surface area contributed by atoms with Crippen LogP contribution in [0.3, 0.4) is 0 Å². The second kappa shape index (κ2) is 4.44. The van der Waals surface area contributed by atoms with Crippen molar-refractivity contribution < 1.29 is 14.3 Å². The third-order valence-corrected chi connectivity index (χ3v) is 3.78. The summed E-state index contributed by atoms with van der Waals surface area (Å²) in [5, 5.41) is 0. The highest BCUT2D eigenvalue weighted by Crippen LogP contribution is 2.29. The molecule has 2 rings (SSSR count). The smallest absolute Gasteiger partial charge is 0.417 e. The number of carbonyl (C=O) groups excluding carboxylic acids is 2. The highest BCUT2D eigenvalue weighted by atomic mass is 16.6. The van der Waals surface area contributed by atoms with Gasteiger partial charge in [-0.25, -0.2) is 9.69 Å². The van der Waals surface area contributed by atoms with Crippen molar-refractivity contribution in [1.29, 1.82) is 0 Å². The van der Waals surface area contributed by atoms with E-state index in [-0.39, 0.29) is 18.1 Å². The lowest BCUT2D eigenvalue weighted by Crippen LogP contribution is -2.39. The molecular weight excluding hydrogens is 206 g/mol. The molecule has 0 spiro atoms. The molecule has 0 radical (unpaired) electrons. The standard InChI is InChI=1S/C12H19NO3/c1-8-9(2)16-12(15)13(8)11(14)7-10-5-3-4-6-10/h8-10H,3-7H2,1-2H3. The molecule has 0 aromatic rings. The maximum Gasteiger partial charge on any atom is 0.417 e. The van der Waals surface area contributed by atoms with E-state index in [4.69, 9.17) is 4.74 Å². The van der Waals surface area contributed by atoms with Gasteiger partial charge in [0.1, 0.15) is 6.10 Å². The van der Waals surface area contributed by atoms with Crippen molar-refractivity contribution in [2.45, 2.75) is 58.1 Å². The van der Waals surface area contributed by atoms with Gasteiger partial charge in [0.15, 0.2) is 0 Å². The number of carbonyl (C=O) groups is 2. The molecule has 0 N–H and O–H groups in total. The van der Waals surface area contributed by atoms with Crippen LogP contribution in [-0.4, -0.2) is 29.0 Å². The molecule has 1 aliphatic heterocycles. The van der Waals surface area contributed by atoms with Crippen molar-refractivity contribution in [3.8, 4) is 0 Å². The number of rotatable bonds is 2. The Balaban J connectivity index is 1.95. The lowest BCUT2D eigenvalue weighted by atomic mass is 10.0. The van der Waals surface area contributed by atoms with Crippen LogP contribution in [-0.2, 0) is 9.53 Å². The molecule has 4 nitrogen and oxygen atoms in total. The Morgan fingerprint density at radius 2 is 2.00 bits per heavy atom. The number of hydrogen-bond donors (Lipinski definition) is 0. The maximum atomic E-state index is 12.0. The quantitative estimate of drug-likeness (QED) is 0.724. The van der Waals surface area contributed by atoms with Crippen LogP contribution in [0.5, 0.6) is 0 Å². The maximum absolute atomic E-state index is 12.0. The van der Waals surface area contributed by atoms with Crippen LogP contribution in [0.1, 0.15) is 46.0 Å². The van der Waals surface area contributed by atoms with Crippen molar-refractivity contribution >= 4 is 12.0 Å². The molecule has 1 saturated carbocycles. The minimum Gasteiger partial charge on any atom is -0.444 e. The third kappa shape index (κ3) is 2.06. The fourth-order valence-corrected chi connectivity index (χ4v) is 2.58. The van der Waals surface area contributed by atoms with Crippen LogP contribution < -0.4 is 0 Å². The van der Waals surface area contributed by atoms with E-state index in [1.807, 2.05) is 13.8 Å². The summed E-state index contributed by atoms with van der Waals surface area (Å²) in [5.74, 6) is 0.414. The minimum atomic E-state index is -0.469. The number of imide groups is 1. The van der Waals surface area contributed by atoms with Crippen LogP contribution in [0.25, 0.3) is 0 Å². The lowest BCUT2D eigenvalue weighted by molar-refractivity contribution is -0.130. The largest absolute Gasteiger partial charge is 0.444 e. The van der Waals surface area contributed by atoms with Gasteiger partial charge in [0.25, 0.3) is 0 Å². The molecule has 0 bridgehead atoms. The zero-order valence-electron chi connectivity index (χ0n) is 9.94. The highest BCUT2D eigenvalue weighted by molar-refractivity contribution is 5.93. The number of ether oxygens (including phenoxy) is 1. The van der Waals surface area contributed by atoms with E-state index < -0.39 is 6.09 Å². The van der Waals surface area contributed by atoms with Gasteiger partial charge >= 0.3 is 6.09 Å². The van der Waals surface area contributed by atoms with Crippen LogP contribution >= 0.6 is 0 Å². The van der Waals surface area contributed by atoms with Crippen LogP contribution in [0, 0.1) is 5.92 Å². The summed E-state index contributed by atoms with van der Waals surface area (Å²) in [5.41, 5.74) is 0. The average Bonchev–Trinajstić information content (AvgIpc) is 2.77. The Hall–Kier alpha value is -1.06. The van der Waals surface area contributed by atoms with E-state index in [0.29, 0.717) is 12.3 Å². The molecule has 90 valence electrons. The summed E-state index contributed by atoms with van der Waals surface area (Å²) >= 11 is 0. The lowest BCUT2D eigenvalue weighted by Gasteiger charge is -2.19. The van der Waals surface area contributed by atoms with Crippen molar-refractivity contribution in [2.24, 2.45) is 5.92 Å². The molecule has 2 unspecified atom stereocenters. The van der Waals surface area contributed by atoms with E-state index in [0.717, 1.165) is 12.8 Å². The predicted octanol–water partition coefficient (Wildman–Crippen LogP) is 2.32. The van der Waals surface area contributed by atoms with Gasteiger partial charge in [-0.2, -0.15) is 0 Å². The zero-order chi connectivity index (χ0) is 11.7. The van der Waals surface area contributed by atoms with Crippen molar-refractivity contribution in [3.63, 3.8) is 0 Å². The Kier molecular flexibility index (Phi) is 3.17. The first-order valence-corrected chi connectivity index (χ1v) is 6.12. The van der Waals surface area contributed by atoms with E-state index >= 15 is 0 Å². The van der Waals surface area contributed by atoms with Crippen molar-refractivity contribution in [1.82, 2.24) is 4.90 Å². The third-order valence-electron chi connectivity index (χ3n) is 3.78. The van der Waals surface area contributed by atoms with Gasteiger partial charge in [-0.3, -0.25) is 4.79 Å². The van der Waals surface area contributed by atoms with Crippen LogP contribution in [0.15, 0.2) is 0 Å². The molecule has 1 saturated heterocycles. The molecule has 2 amide bonds. The van der Waals surface area contributed by atoms with Gasteiger partial charge in [0.05, 0.1) is 6.04 Å². The second-order valence-electron chi connectivity index (χ2n) is 4.95. The van der Waals surface area contributed by atoms with Crippen LogP contribution in [0.4, 0.5) is 4.79 Å². The number of nitrogens with zero attached hydrogens (tertiary/aromatic N) is 1. The minimum absolute atomic E-state index is 0.0613. The Labute approximate surface area is 95.9 Å². The Morgan fingerprint density at radius 3 is 2.50 bits per heavy atom. The van der Waals surface area contributed by atoms with Gasteiger partial charge in [0, 0.05) is 6.42 Å². The summed E-state index contributed by atoms with van der Waals surface area (Å²) < 4.78 is 5.04. The normalized spacial score (nSPS) is 30.9. The van der Waals surface area contributed by atoms with Crippen molar-refractivity contribution in [2.75, 3.05) is 0 Å². The highest BCUT2D eigenvalue weighted by Gasteiger charge is 2.40. The summed E-state index contributed by atoms with van der Waals surface area (Å²) in [7, 11) is 0. The number of hydrogen-bond acceptors (Lipinski definition) is 3. The second-order valence-corrected chi connectivity index (χ2v) is 4.95. The number of cyclic esters (lactones) is 1. The Morgan fingerprint density at radius 1 is 1.38 bits per heavy atom. The van der Waals surface area contributed by atoms with E-state index in [1.54, 1.807) is 0 Å². The van der Waals surface area contributed by atoms with E-state index in [9.17, 15) is 9.59 Å². The zero-order valence-corrected chi connectivity index (χ0v) is 9.94. The van der Waals surface area contributed by atoms with Gasteiger partial charge in [-0.15, -0.1) is 0 Å². The molecule has 0 aromatic carbocycles. The topological polar surface area (TPSA) is 46.6 Å². The fourth-order valence-electron chi connectivity index (χ4n) is 2.58. The van der Waals surface area contributed by atoms with E-state index in [2.05, 4.69) is 0 Å². The average molecular weight is 225 g/mol. The summed E-state index contributed by atoms with van der Waals surface area (Å²) in [6.07, 6.45) is 4.54. The molecule has 1 aliphatic carbocycles. The predicted molar refractivity (Wildman–Crippen MR) is 58.8 cm³/mol. The molecule has 16 heavy (non-hydrogen) atoms. The van der Waals surface area contributed by atoms with E-state index in [1.165, 1.54) is 17.7 Å².